The first-order valence-corrected chi connectivity index (χ1v) is 24.8. The SMILES string of the molecule is CNC(=O)C1CCC(CN2C(=O)CC(SCCCN(C)[C@@H](C)C(=O)C[C@H]3CC(=O)N(C)c4cc(cc(C)c4Cl)C/C(C)=C/C=C/[C@@H](OC)[C@@]4(O)C[C@H](OC(=O)N4)[C@@H](C)[C@@H]4O[C@@]34C)C2=O)CC1. The number of rotatable bonds is 13. The fourth-order valence-corrected chi connectivity index (χ4v) is 11.7. The molecule has 364 valence electrons. The number of nitrogens with zero attached hydrogens (tertiary/aromatic N) is 3. The summed E-state index contributed by atoms with van der Waals surface area (Å²) in [6, 6.07) is 3.39. The largest absolute Gasteiger partial charge is 0.446 e. The highest BCUT2D eigenvalue weighted by atomic mass is 35.5. The van der Waals surface area contributed by atoms with Gasteiger partial charge in [0, 0.05) is 71.2 Å². The third-order valence-corrected chi connectivity index (χ3v) is 16.6. The summed E-state index contributed by atoms with van der Waals surface area (Å²) in [4.78, 5) is 84.9. The molecular weight excluding hydrogens is 886 g/mol. The molecule has 0 spiro atoms. The maximum absolute atomic E-state index is 14.4. The molecule has 4 fully saturated rings. The van der Waals surface area contributed by atoms with Crippen LogP contribution in [-0.4, -0.2) is 138 Å². The van der Waals surface area contributed by atoms with Crippen molar-refractivity contribution in [2.24, 2.45) is 23.7 Å². The quantitative estimate of drug-likeness (QED) is 0.124. The number of amides is 5. The van der Waals surface area contributed by atoms with Crippen molar-refractivity contribution in [3.05, 3.63) is 52.1 Å². The van der Waals surface area contributed by atoms with Crippen molar-refractivity contribution in [3.8, 4) is 0 Å². The lowest BCUT2D eigenvalue weighted by molar-refractivity contribution is -0.142. The predicted molar refractivity (Wildman–Crippen MR) is 254 cm³/mol. The van der Waals surface area contributed by atoms with Gasteiger partial charge in [0.05, 0.1) is 33.7 Å². The van der Waals surface area contributed by atoms with E-state index >= 15 is 0 Å². The van der Waals surface area contributed by atoms with Crippen LogP contribution in [0.1, 0.15) is 96.6 Å². The number of nitrogens with one attached hydrogen (secondary N) is 2. The number of carbonyl (C=O) groups excluding carboxylic acids is 6. The van der Waals surface area contributed by atoms with Gasteiger partial charge in [0.2, 0.25) is 23.6 Å². The first kappa shape index (κ1) is 51.6. The van der Waals surface area contributed by atoms with E-state index in [0.717, 1.165) is 42.4 Å². The number of ketones is 1. The third-order valence-electron chi connectivity index (χ3n) is 14.8. The zero-order valence-corrected chi connectivity index (χ0v) is 41.6. The Balaban J connectivity index is 1.12. The Kier molecular flexibility index (Phi) is 16.9. The summed E-state index contributed by atoms with van der Waals surface area (Å²) in [5.74, 6) is -0.715. The zero-order chi connectivity index (χ0) is 48.2. The number of fused-ring (bicyclic) bond motifs is 5. The summed E-state index contributed by atoms with van der Waals surface area (Å²) in [7, 11) is 6.68. The van der Waals surface area contributed by atoms with Gasteiger partial charge in [0.25, 0.3) is 0 Å². The van der Waals surface area contributed by atoms with Crippen molar-refractivity contribution in [2.75, 3.05) is 52.0 Å². The summed E-state index contributed by atoms with van der Waals surface area (Å²) in [6.45, 7) is 10.5. The molecule has 6 rings (SSSR count). The molecule has 9 atom stereocenters. The number of aryl methyl sites for hydroxylation is 1. The normalized spacial score (nSPS) is 33.7. The van der Waals surface area contributed by atoms with Crippen LogP contribution < -0.4 is 15.5 Å². The van der Waals surface area contributed by atoms with Crippen molar-refractivity contribution in [1.29, 1.82) is 0 Å². The first-order chi connectivity index (χ1) is 31.2. The van der Waals surface area contributed by atoms with Crippen LogP contribution in [0.2, 0.25) is 5.02 Å². The number of hydrogen-bond acceptors (Lipinski definition) is 12. The van der Waals surface area contributed by atoms with Crippen LogP contribution in [0.3, 0.4) is 0 Å². The number of aliphatic hydroxyl groups is 1. The summed E-state index contributed by atoms with van der Waals surface area (Å²) in [6.07, 6.45) is 6.98. The molecule has 1 saturated carbocycles. The van der Waals surface area contributed by atoms with Crippen LogP contribution in [0.15, 0.2) is 35.9 Å². The van der Waals surface area contributed by atoms with Gasteiger partial charge in [-0.2, -0.15) is 0 Å². The second kappa shape index (κ2) is 21.7. The molecule has 4 bridgehead atoms. The van der Waals surface area contributed by atoms with E-state index < -0.39 is 58.9 Å². The number of likely N-dealkylation sites (tertiary alicyclic amines) is 1. The number of carbonyl (C=O) groups is 6. The minimum absolute atomic E-state index is 0.00215. The molecule has 4 heterocycles. The van der Waals surface area contributed by atoms with Gasteiger partial charge in [0.1, 0.15) is 18.0 Å². The number of ether oxygens (including phenoxy) is 3. The van der Waals surface area contributed by atoms with Gasteiger partial charge in [-0.05, 0) is 109 Å². The number of benzene rings is 1. The zero-order valence-electron chi connectivity index (χ0n) is 40.0. The number of alkyl carbamates (subject to hydrolysis) is 1. The Morgan fingerprint density at radius 3 is 2.52 bits per heavy atom. The Bertz CT molecular complexity index is 2080. The number of allylic oxidation sites excluding steroid dienone is 3. The number of thioether (sulfide) groups is 1. The molecule has 5 aliphatic rings. The third kappa shape index (κ3) is 11.7. The van der Waals surface area contributed by atoms with Crippen LogP contribution in [0.4, 0.5) is 10.5 Å². The van der Waals surface area contributed by atoms with E-state index in [1.54, 1.807) is 31.1 Å². The van der Waals surface area contributed by atoms with E-state index in [9.17, 15) is 33.9 Å². The van der Waals surface area contributed by atoms with Gasteiger partial charge in [-0.3, -0.25) is 39.1 Å². The van der Waals surface area contributed by atoms with Gasteiger partial charge < -0.3 is 29.5 Å². The van der Waals surface area contributed by atoms with Crippen molar-refractivity contribution in [1.82, 2.24) is 20.4 Å². The summed E-state index contributed by atoms with van der Waals surface area (Å²) < 4.78 is 17.9. The lowest BCUT2D eigenvalue weighted by atomic mass is 9.77. The summed E-state index contributed by atoms with van der Waals surface area (Å²) in [5, 5.41) is 17.2. The maximum Gasteiger partial charge on any atom is 0.409 e. The molecule has 17 heteroatoms. The van der Waals surface area contributed by atoms with Crippen molar-refractivity contribution >= 4 is 64.6 Å². The highest BCUT2D eigenvalue weighted by Crippen LogP contribution is 2.52. The van der Waals surface area contributed by atoms with Crippen LogP contribution in [0.5, 0.6) is 0 Å². The van der Waals surface area contributed by atoms with Gasteiger partial charge in [-0.1, -0.05) is 48.4 Å². The number of likely N-dealkylation sites (N-methyl/N-ethyl adjacent to an activating group) is 1. The summed E-state index contributed by atoms with van der Waals surface area (Å²) in [5.41, 5.74) is 0.577. The van der Waals surface area contributed by atoms with Crippen LogP contribution in [-0.2, 0) is 44.6 Å². The Morgan fingerprint density at radius 1 is 1.12 bits per heavy atom. The molecule has 4 aliphatic heterocycles. The van der Waals surface area contributed by atoms with Crippen molar-refractivity contribution in [2.45, 2.75) is 140 Å². The number of hydrogen-bond donors (Lipinski definition) is 3. The van der Waals surface area contributed by atoms with E-state index in [1.165, 1.54) is 23.8 Å². The molecule has 5 amide bonds. The lowest BCUT2D eigenvalue weighted by Crippen LogP contribution is -2.63. The lowest BCUT2D eigenvalue weighted by Gasteiger charge is -2.42. The molecule has 0 radical (unpaired) electrons. The topological polar surface area (TPSA) is 187 Å². The Labute approximate surface area is 399 Å². The molecule has 1 aromatic rings. The Morgan fingerprint density at radius 2 is 1.83 bits per heavy atom. The molecule has 1 unspecified atom stereocenters. The van der Waals surface area contributed by atoms with Gasteiger partial charge in [0.15, 0.2) is 5.72 Å². The molecular formula is C49H70ClN5O10S. The van der Waals surface area contributed by atoms with Crippen LogP contribution in [0, 0.1) is 30.6 Å². The average molecular weight is 957 g/mol. The summed E-state index contributed by atoms with van der Waals surface area (Å²) >= 11 is 8.35. The number of Topliss-reactive ketones (excluding diaryl/α,β-unsaturated/α-hetero) is 1. The molecule has 66 heavy (non-hydrogen) atoms. The number of imide groups is 1. The fraction of sp³-hybridized carbons (Fsp3) is 0.673. The number of halogens is 1. The van der Waals surface area contributed by atoms with Crippen LogP contribution in [0.25, 0.3) is 0 Å². The molecule has 0 aromatic heterocycles. The van der Waals surface area contributed by atoms with E-state index in [0.29, 0.717) is 42.4 Å². The standard InChI is InChI=1S/C49H70ClN5O10S/c1-28-12-10-13-40(63-9)49(62)26-38(64-47(61)52-49)30(3)44-48(5,65-44)35(24-41(57)54(8)36-22-33(20-28)21-29(2)43(36)50)23-37(56)31(4)53(7)18-11-19-66-39-25-42(58)55(46(39)60)27-32-14-16-34(17-15-32)45(59)51-6/h10,12-13,21-22,30-32,34-35,38-40,44,62H,11,14-20,23-27H2,1-9H3,(H,51,59)(H,52,61)/b13-10+,28-12+/t30-,31+,32?,34?,35+,38+,39?,40-,44+,48+,49+/m1/s1. The molecule has 3 N–H and O–H groups in total. The number of anilines is 1. The number of methoxy groups -OCH3 is 1. The first-order valence-electron chi connectivity index (χ1n) is 23.4. The van der Waals surface area contributed by atoms with Crippen molar-refractivity contribution in [3.63, 3.8) is 0 Å². The highest BCUT2D eigenvalue weighted by molar-refractivity contribution is 8.00. The smallest absolute Gasteiger partial charge is 0.409 e. The van der Waals surface area contributed by atoms with Crippen LogP contribution >= 0.6 is 23.4 Å². The predicted octanol–water partition coefficient (Wildman–Crippen LogP) is 5.75. The second-order valence-corrected chi connectivity index (χ2v) is 21.2. The molecule has 1 aliphatic carbocycles. The average Bonchev–Trinajstić information content (AvgIpc) is 3.91. The fourth-order valence-electron chi connectivity index (χ4n) is 10.3. The number of epoxide rings is 1. The minimum atomic E-state index is -1.79. The van der Waals surface area contributed by atoms with Crippen molar-refractivity contribution < 1.29 is 48.1 Å². The van der Waals surface area contributed by atoms with Gasteiger partial charge >= 0.3 is 6.09 Å². The minimum Gasteiger partial charge on any atom is -0.446 e. The van der Waals surface area contributed by atoms with E-state index in [-0.39, 0.29) is 66.9 Å². The monoisotopic (exact) mass is 955 g/mol. The second-order valence-electron chi connectivity index (χ2n) is 19.5. The molecule has 1 aromatic carbocycles. The van der Waals surface area contributed by atoms with E-state index in [1.807, 2.05) is 64.8 Å². The molecule has 15 nitrogen and oxygen atoms in total. The van der Waals surface area contributed by atoms with Gasteiger partial charge in [-0.25, -0.2) is 4.79 Å². The van der Waals surface area contributed by atoms with E-state index in [4.69, 9.17) is 25.8 Å². The van der Waals surface area contributed by atoms with Gasteiger partial charge in [-0.15, -0.1) is 11.8 Å². The molecule has 3 saturated heterocycles. The Hall–Kier alpha value is -3.80. The highest BCUT2D eigenvalue weighted by Gasteiger charge is 2.63. The maximum atomic E-state index is 14.4. The van der Waals surface area contributed by atoms with E-state index in [2.05, 4.69) is 10.6 Å².